The summed E-state index contributed by atoms with van der Waals surface area (Å²) >= 11 is 0. The number of carboxylic acids is 1. The second-order valence-electron chi connectivity index (χ2n) is 5.26. The number of nitrogens with one attached hydrogen (secondary N) is 1. The Hall–Kier alpha value is -1.58. The summed E-state index contributed by atoms with van der Waals surface area (Å²) in [5, 5.41) is 12.5. The van der Waals surface area contributed by atoms with Crippen molar-refractivity contribution in [2.75, 3.05) is 5.32 Å². The predicted octanol–water partition coefficient (Wildman–Crippen LogP) is 3.55. The van der Waals surface area contributed by atoms with E-state index in [1.54, 1.807) is 18.3 Å². The summed E-state index contributed by atoms with van der Waals surface area (Å²) in [6.07, 6.45) is 9.02. The van der Waals surface area contributed by atoms with Crippen LogP contribution in [0.5, 0.6) is 0 Å². The van der Waals surface area contributed by atoms with E-state index in [-0.39, 0.29) is 5.56 Å². The van der Waals surface area contributed by atoms with Gasteiger partial charge in [-0.15, -0.1) is 0 Å². The van der Waals surface area contributed by atoms with Crippen LogP contribution in [0.25, 0.3) is 0 Å². The minimum atomic E-state index is -0.922. The number of anilines is 1. The maximum atomic E-state index is 11.2. The number of carboxylic acid groups (broad SMARTS) is 1. The van der Waals surface area contributed by atoms with E-state index in [9.17, 15) is 9.90 Å². The van der Waals surface area contributed by atoms with Gasteiger partial charge in [0.1, 0.15) is 11.4 Å². The summed E-state index contributed by atoms with van der Waals surface area (Å²) in [6, 6.07) is 3.59. The average molecular weight is 262 g/mol. The van der Waals surface area contributed by atoms with Crippen molar-refractivity contribution in [1.82, 2.24) is 4.98 Å². The lowest BCUT2D eigenvalue weighted by Crippen LogP contribution is -2.31. The minimum Gasteiger partial charge on any atom is -0.478 e. The highest BCUT2D eigenvalue weighted by atomic mass is 16.4. The molecule has 0 aromatic carbocycles. The van der Waals surface area contributed by atoms with Crippen molar-refractivity contribution in [2.24, 2.45) is 5.92 Å². The number of rotatable bonds is 5. The molecule has 0 amide bonds. The molecule has 0 radical (unpaired) electrons. The fraction of sp³-hybridized carbons (Fsp3) is 0.600. The predicted molar refractivity (Wildman–Crippen MR) is 75.5 cm³/mol. The molecule has 1 unspecified atom stereocenters. The summed E-state index contributed by atoms with van der Waals surface area (Å²) in [4.78, 5) is 15.4. The van der Waals surface area contributed by atoms with Crippen LogP contribution >= 0.6 is 0 Å². The molecule has 0 spiro atoms. The van der Waals surface area contributed by atoms with Crippen LogP contribution in [0.2, 0.25) is 0 Å². The van der Waals surface area contributed by atoms with Gasteiger partial charge in [-0.05, 0) is 37.3 Å². The first-order chi connectivity index (χ1) is 9.22. The molecule has 1 heterocycles. The SMILES string of the molecule is CCC(Nc1ncccc1C(=O)O)C1CCCCC1. The number of hydrogen-bond acceptors (Lipinski definition) is 3. The second kappa shape index (κ2) is 6.55. The van der Waals surface area contributed by atoms with Gasteiger partial charge in [0.05, 0.1) is 0 Å². The van der Waals surface area contributed by atoms with Crippen LogP contribution in [0, 0.1) is 5.92 Å². The highest BCUT2D eigenvalue weighted by molar-refractivity contribution is 5.93. The molecule has 0 bridgehead atoms. The fourth-order valence-corrected chi connectivity index (χ4v) is 2.96. The number of nitrogens with zero attached hydrogens (tertiary/aromatic N) is 1. The Balaban J connectivity index is 2.11. The fourth-order valence-electron chi connectivity index (χ4n) is 2.96. The van der Waals surface area contributed by atoms with Crippen molar-refractivity contribution in [1.29, 1.82) is 0 Å². The van der Waals surface area contributed by atoms with Gasteiger partial charge in [0.2, 0.25) is 0 Å². The van der Waals surface area contributed by atoms with Crippen molar-refractivity contribution in [3.63, 3.8) is 0 Å². The number of hydrogen-bond donors (Lipinski definition) is 2. The van der Waals surface area contributed by atoms with Crippen LogP contribution in [0.3, 0.4) is 0 Å². The Bertz CT molecular complexity index is 428. The molecule has 4 heteroatoms. The van der Waals surface area contributed by atoms with Crippen molar-refractivity contribution in [2.45, 2.75) is 51.5 Å². The van der Waals surface area contributed by atoms with Crippen molar-refractivity contribution in [3.05, 3.63) is 23.9 Å². The van der Waals surface area contributed by atoms with E-state index in [0.29, 0.717) is 17.8 Å². The molecule has 1 aliphatic rings. The van der Waals surface area contributed by atoms with E-state index >= 15 is 0 Å². The first-order valence-electron chi connectivity index (χ1n) is 7.17. The van der Waals surface area contributed by atoms with Crippen LogP contribution in [-0.2, 0) is 0 Å². The van der Waals surface area contributed by atoms with E-state index in [0.717, 1.165) is 6.42 Å². The third-order valence-electron chi connectivity index (χ3n) is 4.02. The zero-order chi connectivity index (χ0) is 13.7. The third-order valence-corrected chi connectivity index (χ3v) is 4.02. The Morgan fingerprint density at radius 1 is 1.47 bits per heavy atom. The summed E-state index contributed by atoms with van der Waals surface area (Å²) < 4.78 is 0. The largest absolute Gasteiger partial charge is 0.478 e. The molecule has 1 saturated carbocycles. The molecule has 1 atom stereocenters. The summed E-state index contributed by atoms with van der Waals surface area (Å²) in [7, 11) is 0. The quantitative estimate of drug-likeness (QED) is 0.851. The van der Waals surface area contributed by atoms with Gasteiger partial charge in [0, 0.05) is 12.2 Å². The molecule has 1 aromatic rings. The molecule has 1 aromatic heterocycles. The summed E-state index contributed by atoms with van der Waals surface area (Å²) in [5.74, 6) is 0.226. The highest BCUT2D eigenvalue weighted by Gasteiger charge is 2.23. The Kier molecular flexibility index (Phi) is 4.77. The highest BCUT2D eigenvalue weighted by Crippen LogP contribution is 2.29. The number of carbonyl (C=O) groups is 1. The molecule has 104 valence electrons. The van der Waals surface area contributed by atoms with Crippen LogP contribution in [-0.4, -0.2) is 22.1 Å². The van der Waals surface area contributed by atoms with E-state index in [1.807, 2.05) is 0 Å². The van der Waals surface area contributed by atoms with Crippen LogP contribution in [0.15, 0.2) is 18.3 Å². The first kappa shape index (κ1) is 13.8. The van der Waals surface area contributed by atoms with Crippen molar-refractivity contribution >= 4 is 11.8 Å². The monoisotopic (exact) mass is 262 g/mol. The average Bonchev–Trinajstić information content (AvgIpc) is 2.46. The Labute approximate surface area is 114 Å². The molecular weight excluding hydrogens is 240 g/mol. The molecule has 2 rings (SSSR count). The second-order valence-corrected chi connectivity index (χ2v) is 5.26. The summed E-state index contributed by atoms with van der Waals surface area (Å²) in [6.45, 7) is 2.15. The van der Waals surface area contributed by atoms with E-state index in [4.69, 9.17) is 0 Å². The Morgan fingerprint density at radius 2 is 2.21 bits per heavy atom. The molecule has 4 nitrogen and oxygen atoms in total. The van der Waals surface area contributed by atoms with Crippen LogP contribution in [0.4, 0.5) is 5.82 Å². The number of aromatic nitrogens is 1. The van der Waals surface area contributed by atoms with Gasteiger partial charge in [-0.3, -0.25) is 0 Å². The smallest absolute Gasteiger partial charge is 0.339 e. The van der Waals surface area contributed by atoms with Gasteiger partial charge in [-0.25, -0.2) is 9.78 Å². The van der Waals surface area contributed by atoms with E-state index in [2.05, 4.69) is 17.2 Å². The maximum absolute atomic E-state index is 11.2. The molecular formula is C15H22N2O2. The maximum Gasteiger partial charge on any atom is 0.339 e. The molecule has 2 N–H and O–H groups in total. The van der Waals surface area contributed by atoms with Crippen molar-refractivity contribution < 1.29 is 9.90 Å². The molecule has 1 aliphatic carbocycles. The van der Waals surface area contributed by atoms with Crippen LogP contribution < -0.4 is 5.32 Å². The van der Waals surface area contributed by atoms with Gasteiger partial charge in [0.25, 0.3) is 0 Å². The lowest BCUT2D eigenvalue weighted by Gasteiger charge is -2.30. The molecule has 0 aliphatic heterocycles. The van der Waals surface area contributed by atoms with Gasteiger partial charge >= 0.3 is 5.97 Å². The number of aromatic carboxylic acids is 1. The van der Waals surface area contributed by atoms with Gasteiger partial charge in [0.15, 0.2) is 0 Å². The minimum absolute atomic E-state index is 0.261. The molecule has 1 fully saturated rings. The molecule has 19 heavy (non-hydrogen) atoms. The normalized spacial score (nSPS) is 17.9. The summed E-state index contributed by atoms with van der Waals surface area (Å²) in [5.41, 5.74) is 0.261. The standard InChI is InChI=1S/C15H22N2O2/c1-2-13(11-7-4-3-5-8-11)17-14-12(15(18)19)9-6-10-16-14/h6,9-11,13H,2-5,7-8H2,1H3,(H,16,17)(H,18,19). The number of pyridine rings is 1. The first-order valence-corrected chi connectivity index (χ1v) is 7.17. The van der Waals surface area contributed by atoms with Crippen LogP contribution in [0.1, 0.15) is 55.8 Å². The molecule has 0 saturated heterocycles. The zero-order valence-corrected chi connectivity index (χ0v) is 11.4. The topological polar surface area (TPSA) is 62.2 Å². The van der Waals surface area contributed by atoms with Gasteiger partial charge in [-0.1, -0.05) is 26.2 Å². The zero-order valence-electron chi connectivity index (χ0n) is 11.4. The lowest BCUT2D eigenvalue weighted by atomic mass is 9.83. The third kappa shape index (κ3) is 3.46. The Morgan fingerprint density at radius 3 is 2.84 bits per heavy atom. The van der Waals surface area contributed by atoms with Gasteiger partial charge in [-0.2, -0.15) is 0 Å². The van der Waals surface area contributed by atoms with Gasteiger partial charge < -0.3 is 10.4 Å². The van der Waals surface area contributed by atoms with E-state index in [1.165, 1.54) is 32.1 Å². The van der Waals surface area contributed by atoms with Crippen molar-refractivity contribution in [3.8, 4) is 0 Å². The lowest BCUT2D eigenvalue weighted by molar-refractivity contribution is 0.0697. The van der Waals surface area contributed by atoms with E-state index < -0.39 is 5.97 Å².